The summed E-state index contributed by atoms with van der Waals surface area (Å²) in [5.74, 6) is 0.119. The highest BCUT2D eigenvalue weighted by Crippen LogP contribution is 2.18. The molecule has 1 unspecified atom stereocenters. The van der Waals surface area contributed by atoms with E-state index >= 15 is 0 Å². The van der Waals surface area contributed by atoms with Gasteiger partial charge in [0.25, 0.3) is 5.91 Å². The molecule has 21 heavy (non-hydrogen) atoms. The predicted octanol–water partition coefficient (Wildman–Crippen LogP) is 2.24. The van der Waals surface area contributed by atoms with Gasteiger partial charge in [0.1, 0.15) is 0 Å². The van der Waals surface area contributed by atoms with E-state index in [0.29, 0.717) is 12.6 Å². The highest BCUT2D eigenvalue weighted by atomic mass is 16.2. The molecule has 2 aromatic rings. The highest BCUT2D eigenvalue weighted by molar-refractivity contribution is 5.94. The summed E-state index contributed by atoms with van der Waals surface area (Å²) in [6.07, 6.45) is 3.78. The maximum atomic E-state index is 12.2. The van der Waals surface area contributed by atoms with Crippen LogP contribution >= 0.6 is 0 Å². The van der Waals surface area contributed by atoms with Crippen LogP contribution in [0, 0.1) is 0 Å². The van der Waals surface area contributed by atoms with E-state index in [1.54, 1.807) is 0 Å². The molecule has 2 N–H and O–H groups in total. The molecule has 3 rings (SSSR count). The standard InChI is InChI=1S/C18H22N2O/c1-14-6-4-5-11-20(14)13-18(21)19-17-10-9-15-7-2-3-8-16(15)12-17/h2-3,7-10,12,14H,4-6,11,13H2,1H3,(H,19,21)/p+1/t14-/m1/s1. The van der Waals surface area contributed by atoms with Crippen LogP contribution in [0.15, 0.2) is 42.5 Å². The number of hydrogen-bond acceptors (Lipinski definition) is 1. The van der Waals surface area contributed by atoms with Gasteiger partial charge >= 0.3 is 0 Å². The first kappa shape index (κ1) is 14.1. The number of rotatable bonds is 3. The Morgan fingerprint density at radius 2 is 2.00 bits per heavy atom. The third-order valence-corrected chi connectivity index (χ3v) is 4.50. The highest BCUT2D eigenvalue weighted by Gasteiger charge is 2.24. The first-order valence-corrected chi connectivity index (χ1v) is 7.85. The minimum atomic E-state index is 0.119. The molecule has 1 aliphatic rings. The van der Waals surface area contributed by atoms with Crippen molar-refractivity contribution in [2.24, 2.45) is 0 Å². The Labute approximate surface area is 125 Å². The molecule has 1 fully saturated rings. The van der Waals surface area contributed by atoms with Crippen LogP contribution in [-0.2, 0) is 4.79 Å². The third-order valence-electron chi connectivity index (χ3n) is 4.50. The molecule has 110 valence electrons. The largest absolute Gasteiger partial charge is 0.325 e. The lowest BCUT2D eigenvalue weighted by atomic mass is 10.0. The van der Waals surface area contributed by atoms with Gasteiger partial charge in [0.15, 0.2) is 6.54 Å². The van der Waals surface area contributed by atoms with Crippen LogP contribution in [0.2, 0.25) is 0 Å². The number of quaternary nitrogens is 1. The number of hydrogen-bond donors (Lipinski definition) is 2. The van der Waals surface area contributed by atoms with Crippen molar-refractivity contribution in [3.05, 3.63) is 42.5 Å². The Morgan fingerprint density at radius 3 is 2.81 bits per heavy atom. The maximum absolute atomic E-state index is 12.2. The van der Waals surface area contributed by atoms with E-state index in [4.69, 9.17) is 0 Å². The minimum Gasteiger partial charge on any atom is -0.325 e. The lowest BCUT2D eigenvalue weighted by Crippen LogP contribution is -3.17. The second-order valence-electron chi connectivity index (χ2n) is 6.09. The number of likely N-dealkylation sites (tertiary alicyclic amines) is 1. The van der Waals surface area contributed by atoms with Gasteiger partial charge in [-0.25, -0.2) is 0 Å². The van der Waals surface area contributed by atoms with Crippen LogP contribution in [-0.4, -0.2) is 25.0 Å². The van der Waals surface area contributed by atoms with Gasteiger partial charge in [-0.2, -0.15) is 0 Å². The van der Waals surface area contributed by atoms with Crippen LogP contribution in [0.5, 0.6) is 0 Å². The fourth-order valence-electron chi connectivity index (χ4n) is 3.19. The fourth-order valence-corrected chi connectivity index (χ4v) is 3.19. The van der Waals surface area contributed by atoms with Gasteiger partial charge in [0.2, 0.25) is 0 Å². The summed E-state index contributed by atoms with van der Waals surface area (Å²) in [5, 5.41) is 5.40. The summed E-state index contributed by atoms with van der Waals surface area (Å²) in [6, 6.07) is 14.9. The summed E-state index contributed by atoms with van der Waals surface area (Å²) in [4.78, 5) is 13.6. The number of amides is 1. The number of fused-ring (bicyclic) bond motifs is 1. The van der Waals surface area contributed by atoms with Crippen molar-refractivity contribution < 1.29 is 9.69 Å². The molecular weight excluding hydrogens is 260 g/mol. The first-order valence-electron chi connectivity index (χ1n) is 7.85. The number of carbonyl (C=O) groups excluding carboxylic acids is 1. The normalized spacial score (nSPS) is 22.1. The lowest BCUT2D eigenvalue weighted by molar-refractivity contribution is -0.920. The Bertz CT molecular complexity index is 638. The molecule has 0 aromatic heterocycles. The van der Waals surface area contributed by atoms with Crippen molar-refractivity contribution in [1.29, 1.82) is 0 Å². The number of piperidine rings is 1. The van der Waals surface area contributed by atoms with E-state index in [1.807, 2.05) is 24.3 Å². The van der Waals surface area contributed by atoms with E-state index in [9.17, 15) is 4.79 Å². The molecule has 1 heterocycles. The molecular formula is C18H23N2O+. The van der Waals surface area contributed by atoms with Gasteiger partial charge in [-0.1, -0.05) is 30.3 Å². The van der Waals surface area contributed by atoms with E-state index in [1.165, 1.54) is 29.5 Å². The average Bonchev–Trinajstić information content (AvgIpc) is 2.49. The average molecular weight is 283 g/mol. The van der Waals surface area contributed by atoms with Crippen LogP contribution in [0.25, 0.3) is 10.8 Å². The molecule has 2 aromatic carbocycles. The summed E-state index contributed by atoms with van der Waals surface area (Å²) in [6.45, 7) is 3.94. The molecule has 0 bridgehead atoms. The zero-order valence-electron chi connectivity index (χ0n) is 12.6. The monoisotopic (exact) mass is 283 g/mol. The second-order valence-corrected chi connectivity index (χ2v) is 6.09. The predicted molar refractivity (Wildman–Crippen MR) is 86.6 cm³/mol. The van der Waals surface area contributed by atoms with Crippen LogP contribution in [0.1, 0.15) is 26.2 Å². The van der Waals surface area contributed by atoms with Crippen molar-refractivity contribution in [3.8, 4) is 0 Å². The molecule has 0 saturated carbocycles. The zero-order valence-corrected chi connectivity index (χ0v) is 12.6. The summed E-state index contributed by atoms with van der Waals surface area (Å²) in [7, 11) is 0. The minimum absolute atomic E-state index is 0.119. The molecule has 0 spiro atoms. The number of anilines is 1. The lowest BCUT2D eigenvalue weighted by Gasteiger charge is -2.29. The topological polar surface area (TPSA) is 33.5 Å². The fraction of sp³-hybridized carbons (Fsp3) is 0.389. The van der Waals surface area contributed by atoms with E-state index in [2.05, 4.69) is 30.4 Å². The van der Waals surface area contributed by atoms with Crippen molar-refractivity contribution in [1.82, 2.24) is 0 Å². The van der Waals surface area contributed by atoms with Gasteiger partial charge in [-0.15, -0.1) is 0 Å². The molecule has 0 radical (unpaired) electrons. The summed E-state index contributed by atoms with van der Waals surface area (Å²) in [5.41, 5.74) is 0.891. The van der Waals surface area contributed by atoms with Crippen molar-refractivity contribution in [2.75, 3.05) is 18.4 Å². The van der Waals surface area contributed by atoms with E-state index in [-0.39, 0.29) is 5.91 Å². The Morgan fingerprint density at radius 1 is 1.19 bits per heavy atom. The van der Waals surface area contributed by atoms with Crippen molar-refractivity contribution in [2.45, 2.75) is 32.2 Å². The third kappa shape index (κ3) is 3.42. The zero-order chi connectivity index (χ0) is 14.7. The molecule has 1 saturated heterocycles. The van der Waals surface area contributed by atoms with Crippen LogP contribution in [0.4, 0.5) is 5.69 Å². The second kappa shape index (κ2) is 6.27. The molecule has 1 aliphatic heterocycles. The number of nitrogens with one attached hydrogen (secondary N) is 2. The smallest absolute Gasteiger partial charge is 0.279 e. The van der Waals surface area contributed by atoms with Gasteiger partial charge in [-0.05, 0) is 49.1 Å². The van der Waals surface area contributed by atoms with Crippen LogP contribution < -0.4 is 10.2 Å². The van der Waals surface area contributed by atoms with Gasteiger partial charge in [-0.3, -0.25) is 4.79 Å². The summed E-state index contributed by atoms with van der Waals surface area (Å²) >= 11 is 0. The molecule has 3 nitrogen and oxygen atoms in total. The Kier molecular flexibility index (Phi) is 4.20. The molecule has 0 aliphatic carbocycles. The van der Waals surface area contributed by atoms with E-state index in [0.717, 1.165) is 17.6 Å². The SMILES string of the molecule is C[C@@H]1CCCC[NH+]1CC(=O)Nc1ccc2ccccc2c1. The number of carbonyl (C=O) groups is 1. The van der Waals surface area contributed by atoms with Gasteiger partial charge in [0, 0.05) is 5.69 Å². The quantitative estimate of drug-likeness (QED) is 0.890. The van der Waals surface area contributed by atoms with Crippen molar-refractivity contribution in [3.63, 3.8) is 0 Å². The Hall–Kier alpha value is -1.87. The molecule has 2 atom stereocenters. The van der Waals surface area contributed by atoms with Crippen molar-refractivity contribution >= 4 is 22.4 Å². The Balaban J connectivity index is 1.65. The molecule has 1 amide bonds. The molecule has 3 heteroatoms. The first-order chi connectivity index (χ1) is 10.2. The summed E-state index contributed by atoms with van der Waals surface area (Å²) < 4.78 is 0. The van der Waals surface area contributed by atoms with Gasteiger partial charge in [0.05, 0.1) is 12.6 Å². The maximum Gasteiger partial charge on any atom is 0.279 e. The van der Waals surface area contributed by atoms with Gasteiger partial charge < -0.3 is 10.2 Å². The van der Waals surface area contributed by atoms with Crippen LogP contribution in [0.3, 0.4) is 0 Å². The van der Waals surface area contributed by atoms with E-state index < -0.39 is 0 Å². The number of benzene rings is 2.